The van der Waals surface area contributed by atoms with Crippen LogP contribution in [0.25, 0.3) is 0 Å². The third-order valence-electron chi connectivity index (χ3n) is 5.78. The first kappa shape index (κ1) is 22.8. The smallest absolute Gasteiger partial charge is 0.243 e. The lowest BCUT2D eigenvalue weighted by atomic mass is 9.86. The Morgan fingerprint density at radius 3 is 2.53 bits per heavy atom. The van der Waals surface area contributed by atoms with Crippen molar-refractivity contribution in [2.45, 2.75) is 38.0 Å². The van der Waals surface area contributed by atoms with Crippen LogP contribution in [0.15, 0.2) is 46.4 Å². The van der Waals surface area contributed by atoms with Crippen molar-refractivity contribution in [2.24, 2.45) is 5.10 Å². The Bertz CT molecular complexity index is 1140. The van der Waals surface area contributed by atoms with Crippen molar-refractivity contribution in [1.82, 2.24) is 9.73 Å². The molecule has 7 nitrogen and oxygen atoms in total. The van der Waals surface area contributed by atoms with Gasteiger partial charge in [-0.25, -0.2) is 8.42 Å². The van der Waals surface area contributed by atoms with E-state index in [4.69, 9.17) is 17.0 Å². The molecule has 1 heterocycles. The van der Waals surface area contributed by atoms with Gasteiger partial charge in [0.25, 0.3) is 0 Å². The van der Waals surface area contributed by atoms with Crippen molar-refractivity contribution in [3.8, 4) is 0 Å². The summed E-state index contributed by atoms with van der Waals surface area (Å²) in [5.74, 6) is 0. The summed E-state index contributed by atoms with van der Waals surface area (Å²) in [6.45, 7) is 5.84. The van der Waals surface area contributed by atoms with Crippen LogP contribution in [-0.2, 0) is 21.2 Å². The Morgan fingerprint density at radius 1 is 1.09 bits per heavy atom. The predicted octanol–water partition coefficient (Wildman–Crippen LogP) is 3.35. The molecule has 0 bridgehead atoms. The molecule has 1 saturated heterocycles. The van der Waals surface area contributed by atoms with Crippen molar-refractivity contribution in [3.63, 3.8) is 0 Å². The Morgan fingerprint density at radius 2 is 1.81 bits per heavy atom. The zero-order valence-electron chi connectivity index (χ0n) is 18.3. The van der Waals surface area contributed by atoms with Crippen molar-refractivity contribution < 1.29 is 13.2 Å². The summed E-state index contributed by atoms with van der Waals surface area (Å²) in [5.41, 5.74) is 9.73. The second kappa shape index (κ2) is 9.66. The second-order valence-electron chi connectivity index (χ2n) is 8.13. The number of morpholine rings is 1. The van der Waals surface area contributed by atoms with Crippen LogP contribution < -0.4 is 10.7 Å². The lowest BCUT2D eigenvalue weighted by molar-refractivity contribution is 0.0730. The Labute approximate surface area is 194 Å². The molecular formula is C23H28N4O3S2. The second-order valence-corrected chi connectivity index (χ2v) is 10.5. The van der Waals surface area contributed by atoms with E-state index in [2.05, 4.69) is 41.8 Å². The molecule has 1 aliphatic heterocycles. The molecule has 2 aliphatic rings. The fraction of sp³-hybridized carbons (Fsp3) is 0.391. The van der Waals surface area contributed by atoms with E-state index >= 15 is 0 Å². The Balaban J connectivity index is 1.41. The molecule has 32 heavy (non-hydrogen) atoms. The van der Waals surface area contributed by atoms with Gasteiger partial charge in [0.05, 0.1) is 23.8 Å². The van der Waals surface area contributed by atoms with Crippen molar-refractivity contribution in [3.05, 3.63) is 58.7 Å². The van der Waals surface area contributed by atoms with Crippen LogP contribution in [0.1, 0.15) is 35.1 Å². The number of fused-ring (bicyclic) bond motifs is 1. The van der Waals surface area contributed by atoms with E-state index in [0.29, 0.717) is 37.1 Å². The number of nitrogens with zero attached hydrogens (tertiary/aromatic N) is 2. The minimum atomic E-state index is -3.51. The van der Waals surface area contributed by atoms with E-state index < -0.39 is 10.0 Å². The number of rotatable bonds is 4. The van der Waals surface area contributed by atoms with Crippen molar-refractivity contribution in [1.29, 1.82) is 0 Å². The lowest BCUT2D eigenvalue weighted by Gasteiger charge is -2.26. The van der Waals surface area contributed by atoms with E-state index in [1.807, 2.05) is 0 Å². The highest BCUT2D eigenvalue weighted by Gasteiger charge is 2.26. The van der Waals surface area contributed by atoms with Crippen LogP contribution in [0, 0.1) is 13.8 Å². The molecule has 0 atom stereocenters. The molecular weight excluding hydrogens is 444 g/mol. The summed E-state index contributed by atoms with van der Waals surface area (Å²) in [5, 5.41) is 8.00. The van der Waals surface area contributed by atoms with E-state index in [1.165, 1.54) is 26.6 Å². The number of nitrogens with one attached hydrogen (secondary N) is 2. The summed E-state index contributed by atoms with van der Waals surface area (Å²) in [4.78, 5) is 0.258. The number of ether oxygens (including phenoxy) is 1. The summed E-state index contributed by atoms with van der Waals surface area (Å²) in [7, 11) is -3.51. The zero-order valence-corrected chi connectivity index (χ0v) is 20.0. The average molecular weight is 473 g/mol. The molecule has 9 heteroatoms. The van der Waals surface area contributed by atoms with Gasteiger partial charge in [0.2, 0.25) is 10.0 Å². The molecule has 0 spiro atoms. The molecule has 4 rings (SSSR count). The standard InChI is InChI=1S/C23H28N4O3S2/c1-16-14-17(2)20-4-3-5-22(21(20)15-16)25-26-23(31)24-18-6-8-19(9-7-18)32(28,29)27-10-12-30-13-11-27/h6-9,14-15H,3-5,10-13H2,1-2H3,(H2,24,26,31)/b25-22-. The highest BCUT2D eigenvalue weighted by Crippen LogP contribution is 2.26. The third-order valence-corrected chi connectivity index (χ3v) is 7.89. The van der Waals surface area contributed by atoms with Gasteiger partial charge in [-0.15, -0.1) is 0 Å². The van der Waals surface area contributed by atoms with Crippen molar-refractivity contribution >= 4 is 38.8 Å². The Hall–Kier alpha value is -2.33. The number of aryl methyl sites for hydroxylation is 2. The SMILES string of the molecule is Cc1cc(C)c2c(c1)/C(=N\NC(=S)Nc1ccc(S(=O)(=O)N3CCOCC3)cc1)CCC2. The van der Waals surface area contributed by atoms with E-state index in [-0.39, 0.29) is 4.90 Å². The number of thiocarbonyl (C=S) groups is 1. The molecule has 1 fully saturated rings. The van der Waals surface area contributed by atoms with Gasteiger partial charge in [-0.05, 0) is 86.8 Å². The van der Waals surface area contributed by atoms with E-state index in [0.717, 1.165) is 25.0 Å². The molecule has 0 radical (unpaired) electrons. The van der Waals surface area contributed by atoms with Crippen molar-refractivity contribution in [2.75, 3.05) is 31.6 Å². The molecule has 0 unspecified atom stereocenters. The number of hydrazone groups is 1. The normalized spacial score (nSPS) is 18.2. The van der Waals surface area contributed by atoms with E-state index in [1.54, 1.807) is 24.3 Å². The maximum atomic E-state index is 12.7. The number of hydrogen-bond acceptors (Lipinski definition) is 5. The number of hydrogen-bond donors (Lipinski definition) is 2. The quantitative estimate of drug-likeness (QED) is 0.525. The molecule has 1 aliphatic carbocycles. The fourth-order valence-electron chi connectivity index (χ4n) is 4.19. The first-order valence-electron chi connectivity index (χ1n) is 10.8. The third kappa shape index (κ3) is 5.01. The largest absolute Gasteiger partial charge is 0.379 e. The number of anilines is 1. The highest BCUT2D eigenvalue weighted by molar-refractivity contribution is 7.89. The molecule has 170 valence electrons. The summed E-state index contributed by atoms with van der Waals surface area (Å²) >= 11 is 5.39. The first-order valence-corrected chi connectivity index (χ1v) is 12.6. The highest BCUT2D eigenvalue weighted by atomic mass is 32.2. The van der Waals surface area contributed by atoms with Gasteiger partial charge in [-0.3, -0.25) is 5.43 Å². The molecule has 2 aromatic rings. The van der Waals surface area contributed by atoms with Gasteiger partial charge in [-0.2, -0.15) is 9.41 Å². The van der Waals surface area contributed by atoms with Crippen LogP contribution in [-0.4, -0.2) is 49.9 Å². The van der Waals surface area contributed by atoms with Gasteiger partial charge in [0.15, 0.2) is 5.11 Å². The van der Waals surface area contributed by atoms with Gasteiger partial charge < -0.3 is 10.1 Å². The summed E-state index contributed by atoms with van der Waals surface area (Å²) < 4.78 is 32.2. The van der Waals surface area contributed by atoms with Gasteiger partial charge in [0, 0.05) is 24.3 Å². The summed E-state index contributed by atoms with van der Waals surface area (Å²) in [6.07, 6.45) is 3.04. The topological polar surface area (TPSA) is 83.0 Å². The van der Waals surface area contributed by atoms with Gasteiger partial charge >= 0.3 is 0 Å². The summed E-state index contributed by atoms with van der Waals surface area (Å²) in [6, 6.07) is 11.0. The molecule has 0 aromatic heterocycles. The minimum Gasteiger partial charge on any atom is -0.379 e. The van der Waals surface area contributed by atoms with Crippen LogP contribution in [0.3, 0.4) is 0 Å². The van der Waals surface area contributed by atoms with Crippen LogP contribution in [0.2, 0.25) is 0 Å². The molecule has 0 saturated carbocycles. The van der Waals surface area contributed by atoms with Gasteiger partial charge in [-0.1, -0.05) is 11.6 Å². The minimum absolute atomic E-state index is 0.258. The fourth-order valence-corrected chi connectivity index (χ4v) is 5.77. The predicted molar refractivity (Wildman–Crippen MR) is 131 cm³/mol. The monoisotopic (exact) mass is 472 g/mol. The Kier molecular flexibility index (Phi) is 6.90. The number of benzene rings is 2. The molecule has 2 aromatic carbocycles. The van der Waals surface area contributed by atoms with Crippen LogP contribution in [0.5, 0.6) is 0 Å². The average Bonchev–Trinajstić information content (AvgIpc) is 2.79. The molecule has 2 N–H and O–H groups in total. The first-order chi connectivity index (χ1) is 15.3. The van der Waals surface area contributed by atoms with E-state index in [9.17, 15) is 8.42 Å². The van der Waals surface area contributed by atoms with Gasteiger partial charge in [0.1, 0.15) is 0 Å². The molecule has 0 amide bonds. The van der Waals surface area contributed by atoms with Crippen LogP contribution in [0.4, 0.5) is 5.69 Å². The number of sulfonamides is 1. The maximum Gasteiger partial charge on any atom is 0.243 e. The zero-order chi connectivity index (χ0) is 22.7. The maximum absolute atomic E-state index is 12.7. The van der Waals surface area contributed by atoms with Crippen LogP contribution >= 0.6 is 12.2 Å². The lowest BCUT2D eigenvalue weighted by Crippen LogP contribution is -2.40.